The Morgan fingerprint density at radius 3 is 2.46 bits per heavy atom. The molecule has 0 N–H and O–H groups in total. The SMILES string of the molecule is CN1C[C@@H]2C[C@H]1CN2Cc1nnnn1-c1ccc(C(F)(F)F)cc1. The van der Waals surface area contributed by atoms with Gasteiger partial charge in [-0.1, -0.05) is 0 Å². The Bertz CT molecular complexity index is 724. The summed E-state index contributed by atoms with van der Waals surface area (Å²) in [6.45, 7) is 2.61. The zero-order chi connectivity index (χ0) is 16.9. The van der Waals surface area contributed by atoms with Crippen LogP contribution in [0.3, 0.4) is 0 Å². The van der Waals surface area contributed by atoms with Gasteiger partial charge in [-0.05, 0) is 48.2 Å². The number of rotatable bonds is 3. The zero-order valence-corrected chi connectivity index (χ0v) is 13.1. The quantitative estimate of drug-likeness (QED) is 0.850. The average molecular weight is 338 g/mol. The number of fused-ring (bicyclic) bond motifs is 2. The molecule has 0 unspecified atom stereocenters. The van der Waals surface area contributed by atoms with Gasteiger partial charge in [0.25, 0.3) is 0 Å². The largest absolute Gasteiger partial charge is 0.416 e. The number of hydrogen-bond acceptors (Lipinski definition) is 5. The molecule has 9 heteroatoms. The molecule has 0 aliphatic carbocycles. The van der Waals surface area contributed by atoms with Gasteiger partial charge in [-0.2, -0.15) is 17.9 Å². The molecule has 3 heterocycles. The highest BCUT2D eigenvalue weighted by Crippen LogP contribution is 2.31. The van der Waals surface area contributed by atoms with Gasteiger partial charge in [0.1, 0.15) is 0 Å². The summed E-state index contributed by atoms with van der Waals surface area (Å²) in [5, 5.41) is 11.7. The van der Waals surface area contributed by atoms with Gasteiger partial charge in [0.05, 0.1) is 17.8 Å². The molecule has 0 spiro atoms. The standard InChI is InChI=1S/C15H17F3N6/c1-22-7-13-6-12(22)8-23(13)9-14-19-20-21-24(14)11-4-2-10(3-5-11)15(16,17)18/h2-5,12-13H,6-9H2,1H3/t12-,13-/m0/s1. The Balaban J connectivity index is 1.53. The summed E-state index contributed by atoms with van der Waals surface area (Å²) in [7, 11) is 2.13. The molecule has 0 saturated carbocycles. The Morgan fingerprint density at radius 2 is 1.88 bits per heavy atom. The van der Waals surface area contributed by atoms with Crippen LogP contribution in [0, 0.1) is 0 Å². The Hall–Kier alpha value is -2.00. The van der Waals surface area contributed by atoms with Crippen molar-refractivity contribution in [2.45, 2.75) is 31.2 Å². The number of nitrogens with zero attached hydrogens (tertiary/aromatic N) is 6. The van der Waals surface area contributed by atoms with Gasteiger partial charge >= 0.3 is 6.18 Å². The first-order valence-electron chi connectivity index (χ1n) is 7.81. The lowest BCUT2D eigenvalue weighted by atomic mass is 10.2. The molecule has 2 saturated heterocycles. The molecule has 1 aromatic heterocycles. The highest BCUT2D eigenvalue weighted by Gasteiger charge is 2.41. The van der Waals surface area contributed by atoms with Gasteiger partial charge in [-0.15, -0.1) is 5.10 Å². The second-order valence-corrected chi connectivity index (χ2v) is 6.46. The molecule has 4 rings (SSSR count). The van der Waals surface area contributed by atoms with E-state index < -0.39 is 11.7 Å². The summed E-state index contributed by atoms with van der Waals surface area (Å²) in [6, 6.07) is 5.96. The number of halogens is 3. The average Bonchev–Trinajstić information content (AvgIpc) is 3.22. The highest BCUT2D eigenvalue weighted by atomic mass is 19.4. The van der Waals surface area contributed by atoms with Crippen LogP contribution >= 0.6 is 0 Å². The summed E-state index contributed by atoms with van der Waals surface area (Å²) < 4.78 is 39.5. The Labute approximate surface area is 136 Å². The number of alkyl halides is 3. The number of tetrazole rings is 1. The lowest BCUT2D eigenvalue weighted by Crippen LogP contribution is -2.44. The number of aromatic nitrogens is 4. The van der Waals surface area contributed by atoms with E-state index in [9.17, 15) is 13.2 Å². The molecule has 2 aromatic rings. The summed E-state index contributed by atoms with van der Waals surface area (Å²) in [5.41, 5.74) is -0.148. The van der Waals surface area contributed by atoms with Crippen molar-refractivity contribution in [3.8, 4) is 5.69 Å². The fourth-order valence-electron chi connectivity index (χ4n) is 3.62. The number of likely N-dealkylation sites (N-methyl/N-ethyl adjacent to an activating group) is 1. The fourth-order valence-corrected chi connectivity index (χ4v) is 3.62. The first-order valence-corrected chi connectivity index (χ1v) is 7.81. The van der Waals surface area contributed by atoms with E-state index in [-0.39, 0.29) is 0 Å². The molecule has 128 valence electrons. The first-order chi connectivity index (χ1) is 11.4. The molecule has 6 nitrogen and oxygen atoms in total. The van der Waals surface area contributed by atoms with Crippen molar-refractivity contribution in [2.24, 2.45) is 0 Å². The van der Waals surface area contributed by atoms with Gasteiger partial charge in [0, 0.05) is 25.2 Å². The number of hydrogen-bond donors (Lipinski definition) is 0. The molecule has 24 heavy (non-hydrogen) atoms. The van der Waals surface area contributed by atoms with Gasteiger partial charge in [-0.3, -0.25) is 4.90 Å². The van der Waals surface area contributed by atoms with E-state index >= 15 is 0 Å². The maximum Gasteiger partial charge on any atom is 0.416 e. The van der Waals surface area contributed by atoms with Gasteiger partial charge < -0.3 is 4.90 Å². The van der Waals surface area contributed by atoms with Gasteiger partial charge in [0.15, 0.2) is 5.82 Å². The first kappa shape index (κ1) is 15.5. The maximum atomic E-state index is 12.7. The van der Waals surface area contributed by atoms with Gasteiger partial charge in [-0.25, -0.2) is 0 Å². The molecule has 2 aliphatic heterocycles. The van der Waals surface area contributed by atoms with Crippen LogP contribution in [-0.4, -0.2) is 62.2 Å². The monoisotopic (exact) mass is 338 g/mol. The van der Waals surface area contributed by atoms with Crippen molar-refractivity contribution >= 4 is 0 Å². The minimum Gasteiger partial charge on any atom is -0.301 e. The summed E-state index contributed by atoms with van der Waals surface area (Å²) in [4.78, 5) is 4.71. The van der Waals surface area contributed by atoms with Crippen molar-refractivity contribution in [2.75, 3.05) is 20.1 Å². The van der Waals surface area contributed by atoms with E-state index in [1.165, 1.54) is 16.8 Å². The summed E-state index contributed by atoms with van der Waals surface area (Å²) >= 11 is 0. The lowest BCUT2D eigenvalue weighted by Gasteiger charge is -2.31. The van der Waals surface area contributed by atoms with Crippen LogP contribution in [-0.2, 0) is 12.7 Å². The molecule has 2 fully saturated rings. The smallest absolute Gasteiger partial charge is 0.301 e. The van der Waals surface area contributed by atoms with Crippen molar-refractivity contribution in [1.29, 1.82) is 0 Å². The second-order valence-electron chi connectivity index (χ2n) is 6.46. The van der Waals surface area contributed by atoms with E-state index in [0.717, 1.165) is 31.6 Å². The Kier molecular flexibility index (Phi) is 3.57. The fraction of sp³-hybridized carbons (Fsp3) is 0.533. The van der Waals surface area contributed by atoms with Crippen LogP contribution in [0.5, 0.6) is 0 Å². The molecular formula is C15H17F3N6. The molecule has 0 amide bonds. The minimum absolute atomic E-state index is 0.498. The number of piperazine rings is 1. The number of likely N-dealkylation sites (tertiary alicyclic amines) is 2. The van der Waals surface area contributed by atoms with Crippen LogP contribution in [0.4, 0.5) is 13.2 Å². The van der Waals surface area contributed by atoms with Crippen molar-refractivity contribution < 1.29 is 13.2 Å². The van der Waals surface area contributed by atoms with Crippen LogP contribution in [0.25, 0.3) is 5.69 Å². The molecule has 1 aromatic carbocycles. The minimum atomic E-state index is -4.34. The third-order valence-corrected chi connectivity index (χ3v) is 4.95. The normalized spacial score (nSPS) is 24.8. The highest BCUT2D eigenvalue weighted by molar-refractivity contribution is 5.35. The third kappa shape index (κ3) is 2.67. The molecule has 0 radical (unpaired) electrons. The van der Waals surface area contributed by atoms with E-state index in [2.05, 4.69) is 32.4 Å². The van der Waals surface area contributed by atoms with Crippen molar-refractivity contribution in [3.05, 3.63) is 35.7 Å². The lowest BCUT2D eigenvalue weighted by molar-refractivity contribution is -0.137. The summed E-state index contributed by atoms with van der Waals surface area (Å²) in [5.74, 6) is 0.643. The maximum absolute atomic E-state index is 12.7. The molecule has 2 aliphatic rings. The van der Waals surface area contributed by atoms with E-state index in [1.54, 1.807) is 0 Å². The predicted octanol–water partition coefficient (Wildman–Crippen LogP) is 1.57. The number of benzene rings is 1. The summed E-state index contributed by atoms with van der Waals surface area (Å²) in [6.07, 6.45) is -3.19. The van der Waals surface area contributed by atoms with Crippen LogP contribution < -0.4 is 0 Å². The van der Waals surface area contributed by atoms with Crippen LogP contribution in [0.1, 0.15) is 17.8 Å². The third-order valence-electron chi connectivity index (χ3n) is 4.95. The van der Waals surface area contributed by atoms with Crippen LogP contribution in [0.15, 0.2) is 24.3 Å². The topological polar surface area (TPSA) is 50.1 Å². The zero-order valence-electron chi connectivity index (χ0n) is 13.1. The van der Waals surface area contributed by atoms with Crippen molar-refractivity contribution in [1.82, 2.24) is 30.0 Å². The van der Waals surface area contributed by atoms with Gasteiger partial charge in [0.2, 0.25) is 0 Å². The van der Waals surface area contributed by atoms with E-state index in [0.29, 0.717) is 30.1 Å². The van der Waals surface area contributed by atoms with Crippen molar-refractivity contribution in [3.63, 3.8) is 0 Å². The molecule has 2 bridgehead atoms. The molecular weight excluding hydrogens is 321 g/mol. The Morgan fingerprint density at radius 1 is 1.12 bits per heavy atom. The van der Waals surface area contributed by atoms with E-state index in [1.807, 2.05) is 0 Å². The van der Waals surface area contributed by atoms with E-state index in [4.69, 9.17) is 0 Å². The van der Waals surface area contributed by atoms with Crippen LogP contribution in [0.2, 0.25) is 0 Å². The molecule has 2 atom stereocenters. The second kappa shape index (κ2) is 5.52. The predicted molar refractivity (Wildman–Crippen MR) is 79.4 cm³/mol.